The number of benzene rings is 2. The summed E-state index contributed by atoms with van der Waals surface area (Å²) in [4.78, 5) is 19.5. The number of aliphatic imine (C=N–C) groups is 1. The number of halogens is 1. The monoisotopic (exact) mass is 443 g/mol. The van der Waals surface area contributed by atoms with Crippen molar-refractivity contribution in [3.05, 3.63) is 47.0 Å². The van der Waals surface area contributed by atoms with E-state index in [0.717, 1.165) is 24.0 Å². The summed E-state index contributed by atoms with van der Waals surface area (Å²) in [7, 11) is 3.25. The number of nitrogens with two attached hydrogens (primary N) is 1. The second-order valence-corrected chi connectivity index (χ2v) is 8.14. The highest BCUT2D eigenvalue weighted by atomic mass is 35.5. The van der Waals surface area contributed by atoms with E-state index in [1.807, 2.05) is 30.3 Å². The third-order valence-electron chi connectivity index (χ3n) is 5.74. The molecule has 2 aliphatic heterocycles. The molecule has 0 fully saturated rings. The predicted molar refractivity (Wildman–Crippen MR) is 120 cm³/mol. The SMILES string of the molecule is COc1cc(Cl)cc(-c2ccc3c(c2)[C@]2(CCCCOCCO3)N=C(N)N(C)C2=O)c1. The average molecular weight is 444 g/mol. The molecule has 0 unspecified atom stereocenters. The van der Waals surface area contributed by atoms with E-state index in [1.165, 1.54) is 4.90 Å². The maximum absolute atomic E-state index is 13.4. The summed E-state index contributed by atoms with van der Waals surface area (Å²) in [6.45, 7) is 1.49. The van der Waals surface area contributed by atoms with Gasteiger partial charge in [-0.2, -0.15) is 0 Å². The van der Waals surface area contributed by atoms with Gasteiger partial charge in [-0.1, -0.05) is 17.7 Å². The molecule has 2 aromatic rings. The lowest BCUT2D eigenvalue weighted by Gasteiger charge is -2.28. The van der Waals surface area contributed by atoms with E-state index in [0.29, 0.717) is 48.3 Å². The molecule has 0 radical (unpaired) electrons. The van der Waals surface area contributed by atoms with E-state index in [9.17, 15) is 4.79 Å². The molecule has 2 aromatic carbocycles. The highest BCUT2D eigenvalue weighted by Gasteiger charge is 2.49. The van der Waals surface area contributed by atoms with Crippen LogP contribution in [0.15, 0.2) is 41.4 Å². The molecule has 4 rings (SSSR count). The molecule has 2 N–H and O–H groups in total. The van der Waals surface area contributed by atoms with Crippen molar-refractivity contribution in [2.24, 2.45) is 10.7 Å². The Balaban J connectivity index is 1.89. The molecule has 0 saturated heterocycles. The number of hydrogen-bond acceptors (Lipinski definition) is 6. The fourth-order valence-corrected chi connectivity index (χ4v) is 4.30. The van der Waals surface area contributed by atoms with Crippen LogP contribution in [0.1, 0.15) is 24.8 Å². The smallest absolute Gasteiger partial charge is 0.261 e. The van der Waals surface area contributed by atoms with Gasteiger partial charge in [-0.25, -0.2) is 4.99 Å². The molecule has 2 aliphatic rings. The molecule has 164 valence electrons. The van der Waals surface area contributed by atoms with Crippen molar-refractivity contribution in [2.45, 2.75) is 24.8 Å². The third-order valence-corrected chi connectivity index (χ3v) is 5.95. The number of rotatable bonds is 2. The lowest BCUT2D eigenvalue weighted by atomic mass is 9.83. The summed E-state index contributed by atoms with van der Waals surface area (Å²) in [6.07, 6.45) is 2.11. The predicted octanol–water partition coefficient (Wildman–Crippen LogP) is 3.58. The molecule has 0 aliphatic carbocycles. The van der Waals surface area contributed by atoms with Gasteiger partial charge in [-0.3, -0.25) is 9.69 Å². The van der Waals surface area contributed by atoms with Crippen molar-refractivity contribution in [3.63, 3.8) is 0 Å². The molecular weight excluding hydrogens is 418 g/mol. The zero-order chi connectivity index (χ0) is 22.0. The summed E-state index contributed by atoms with van der Waals surface area (Å²) in [5.74, 6) is 1.30. The van der Waals surface area contributed by atoms with Gasteiger partial charge in [0.1, 0.15) is 18.1 Å². The van der Waals surface area contributed by atoms with Crippen LogP contribution in [0.3, 0.4) is 0 Å². The Hall–Kier alpha value is -2.77. The van der Waals surface area contributed by atoms with Crippen LogP contribution in [0.2, 0.25) is 5.02 Å². The molecule has 1 spiro atoms. The molecule has 0 aromatic heterocycles. The Kier molecular flexibility index (Phi) is 6.07. The molecule has 7 nitrogen and oxygen atoms in total. The largest absolute Gasteiger partial charge is 0.497 e. The quantitative estimate of drug-likeness (QED) is 0.766. The van der Waals surface area contributed by atoms with Crippen molar-refractivity contribution < 1.29 is 19.0 Å². The number of fused-ring (bicyclic) bond motifs is 2. The maximum Gasteiger partial charge on any atom is 0.261 e. The maximum atomic E-state index is 13.4. The molecule has 1 atom stereocenters. The zero-order valence-electron chi connectivity index (χ0n) is 17.7. The van der Waals surface area contributed by atoms with Gasteiger partial charge >= 0.3 is 0 Å². The fourth-order valence-electron chi connectivity index (χ4n) is 4.08. The van der Waals surface area contributed by atoms with E-state index in [1.54, 1.807) is 20.2 Å². The minimum Gasteiger partial charge on any atom is -0.497 e. The summed E-state index contributed by atoms with van der Waals surface area (Å²) in [5.41, 5.74) is 7.40. The molecule has 2 heterocycles. The van der Waals surface area contributed by atoms with Crippen LogP contribution in [0, 0.1) is 0 Å². The van der Waals surface area contributed by atoms with Gasteiger partial charge in [0, 0.05) is 24.2 Å². The van der Waals surface area contributed by atoms with Gasteiger partial charge in [-0.15, -0.1) is 0 Å². The number of methoxy groups -OCH3 is 1. The average Bonchev–Trinajstić information content (AvgIpc) is 2.97. The van der Waals surface area contributed by atoms with E-state index < -0.39 is 5.54 Å². The highest BCUT2D eigenvalue weighted by molar-refractivity contribution is 6.31. The highest BCUT2D eigenvalue weighted by Crippen LogP contribution is 2.44. The minimum atomic E-state index is -1.13. The van der Waals surface area contributed by atoms with Gasteiger partial charge in [0.15, 0.2) is 11.5 Å². The van der Waals surface area contributed by atoms with Gasteiger partial charge in [0.2, 0.25) is 0 Å². The first kappa shape index (κ1) is 21.5. The number of ether oxygens (including phenoxy) is 3. The Morgan fingerprint density at radius 1 is 1.13 bits per heavy atom. The lowest BCUT2D eigenvalue weighted by molar-refractivity contribution is -0.131. The molecule has 8 heteroatoms. The number of guanidine groups is 1. The van der Waals surface area contributed by atoms with Crippen LogP contribution in [-0.4, -0.2) is 50.7 Å². The number of carbonyl (C=O) groups excluding carboxylic acids is 1. The molecule has 31 heavy (non-hydrogen) atoms. The van der Waals surface area contributed by atoms with Crippen molar-refractivity contribution in [3.8, 4) is 22.6 Å². The van der Waals surface area contributed by atoms with Crippen LogP contribution in [-0.2, 0) is 15.1 Å². The van der Waals surface area contributed by atoms with Crippen LogP contribution in [0.4, 0.5) is 0 Å². The Bertz CT molecular complexity index is 1030. The standard InChI is InChI=1S/C23H26ClN3O4/c1-27-21(28)23(26-22(27)25)7-3-4-8-30-9-10-31-20-6-5-15(13-19(20)23)16-11-17(24)14-18(12-16)29-2/h5-6,11-14H,3-4,7-10H2,1-2H3,(H2,25,26)/t23-/m0/s1. The first-order chi connectivity index (χ1) is 14.9. The van der Waals surface area contributed by atoms with E-state index in [4.69, 9.17) is 31.5 Å². The van der Waals surface area contributed by atoms with Crippen LogP contribution in [0.5, 0.6) is 11.5 Å². The molecule has 0 saturated carbocycles. The van der Waals surface area contributed by atoms with E-state index in [2.05, 4.69) is 4.99 Å². The second-order valence-electron chi connectivity index (χ2n) is 7.70. The minimum absolute atomic E-state index is 0.157. The number of carbonyl (C=O) groups is 1. The zero-order valence-corrected chi connectivity index (χ0v) is 18.4. The second kappa shape index (κ2) is 8.77. The van der Waals surface area contributed by atoms with E-state index in [-0.39, 0.29) is 11.9 Å². The first-order valence-corrected chi connectivity index (χ1v) is 10.7. The number of nitrogens with zero attached hydrogens (tertiary/aromatic N) is 2. The summed E-state index contributed by atoms with van der Waals surface area (Å²) in [5, 5.41) is 0.563. The number of likely N-dealkylation sites (N-methyl/N-ethyl adjacent to an activating group) is 1. The summed E-state index contributed by atoms with van der Waals surface area (Å²) in [6, 6.07) is 11.3. The van der Waals surface area contributed by atoms with Crippen molar-refractivity contribution in [1.82, 2.24) is 4.90 Å². The fraction of sp³-hybridized carbons (Fsp3) is 0.391. The van der Waals surface area contributed by atoms with Gasteiger partial charge in [-0.05, 0) is 60.7 Å². The molecule has 0 bridgehead atoms. The number of hydrogen-bond donors (Lipinski definition) is 1. The van der Waals surface area contributed by atoms with Crippen molar-refractivity contribution >= 4 is 23.5 Å². The number of amides is 1. The van der Waals surface area contributed by atoms with Crippen LogP contribution in [0.25, 0.3) is 11.1 Å². The topological polar surface area (TPSA) is 86.4 Å². The lowest BCUT2D eigenvalue weighted by Crippen LogP contribution is -2.40. The van der Waals surface area contributed by atoms with Gasteiger partial charge in [0.25, 0.3) is 5.91 Å². The molecular formula is C23H26ClN3O4. The van der Waals surface area contributed by atoms with Crippen molar-refractivity contribution in [2.75, 3.05) is 34.0 Å². The van der Waals surface area contributed by atoms with Gasteiger partial charge < -0.3 is 19.9 Å². The Morgan fingerprint density at radius 2 is 1.97 bits per heavy atom. The molecule has 1 amide bonds. The van der Waals surface area contributed by atoms with Crippen LogP contribution < -0.4 is 15.2 Å². The van der Waals surface area contributed by atoms with E-state index >= 15 is 0 Å². The van der Waals surface area contributed by atoms with Crippen LogP contribution >= 0.6 is 11.6 Å². The summed E-state index contributed by atoms with van der Waals surface area (Å²) >= 11 is 6.29. The summed E-state index contributed by atoms with van der Waals surface area (Å²) < 4.78 is 17.0. The third kappa shape index (κ3) is 4.07. The first-order valence-electron chi connectivity index (χ1n) is 10.3. The van der Waals surface area contributed by atoms with Gasteiger partial charge in [0.05, 0.1) is 13.7 Å². The Labute approximate surface area is 186 Å². The normalized spacial score (nSPS) is 21.8. The van der Waals surface area contributed by atoms with Crippen molar-refractivity contribution in [1.29, 1.82) is 0 Å². The Morgan fingerprint density at radius 3 is 2.71 bits per heavy atom.